The summed E-state index contributed by atoms with van der Waals surface area (Å²) in [5, 5.41) is 10.7. The standard InChI is InChI=1S/C23H22F3NO3S.C21H20F3NO2S.Al.Li.4H/c1-2-30-22(28)20-19(9-6-14-29-15-16-7-4-3-5-8-16)27-21(31-20)17-10-12-18(13-11-17)23(24,25)26;22-21(23,24)17-10-8-16(9-11-17)20-25-18(19(13-26)28-20)7-4-12-27-14-15-5-2-1-3-6-15;;;;;;/h3-5,7-8,10-13H,2,6,9,14-15H2,1H3;1-3,5-6,8-11,26H,4,7,12-14H2;;;;;;/q;;;+1;;;;-1. The van der Waals surface area contributed by atoms with E-state index in [9.17, 15) is 36.2 Å². The minimum absolute atomic E-state index is 0. The zero-order valence-electron chi connectivity index (χ0n) is 34.0. The van der Waals surface area contributed by atoms with Gasteiger partial charge in [0, 0.05) is 24.3 Å². The van der Waals surface area contributed by atoms with Crippen molar-refractivity contribution in [3.8, 4) is 21.1 Å². The molecule has 4 aromatic carbocycles. The third kappa shape index (κ3) is 16.1. The fourth-order valence-electron chi connectivity index (χ4n) is 5.64. The maximum absolute atomic E-state index is 12.8. The van der Waals surface area contributed by atoms with Gasteiger partial charge in [-0.2, -0.15) is 26.3 Å². The Morgan fingerprint density at radius 1 is 0.656 bits per heavy atom. The quantitative estimate of drug-likeness (QED) is 0.0438. The second-order valence-electron chi connectivity index (χ2n) is 13.0. The van der Waals surface area contributed by atoms with Gasteiger partial charge in [-0.05, 0) is 68.0 Å². The van der Waals surface area contributed by atoms with Gasteiger partial charge in [0.25, 0.3) is 0 Å². The van der Waals surface area contributed by atoms with Gasteiger partial charge in [0.1, 0.15) is 14.9 Å². The minimum Gasteiger partial charge on any atom is -1.00 e. The van der Waals surface area contributed by atoms with Crippen LogP contribution in [0.5, 0.6) is 0 Å². The molecule has 7 nitrogen and oxygen atoms in total. The number of hydrogen-bond acceptors (Lipinski definition) is 9. The molecule has 0 atom stereocenters. The summed E-state index contributed by atoms with van der Waals surface area (Å²) in [6.45, 7) is 3.90. The van der Waals surface area contributed by atoms with E-state index in [1.807, 2.05) is 60.7 Å². The van der Waals surface area contributed by atoms with Crippen molar-refractivity contribution in [3.63, 3.8) is 0 Å². The van der Waals surface area contributed by atoms with E-state index in [4.69, 9.17) is 14.2 Å². The number of aliphatic hydroxyl groups excluding tert-OH is 1. The summed E-state index contributed by atoms with van der Waals surface area (Å²) in [7, 11) is 0. The van der Waals surface area contributed by atoms with Crippen LogP contribution in [0.3, 0.4) is 0 Å². The SMILES string of the molecule is CCOC(=O)c1sc(-c2ccc(C(F)(F)F)cc2)nc1CCCOCc1ccccc1.OCc1sc(-c2ccc(C(F)(F)F)cc2)nc1CCCOCc1ccccc1.[AlH3].[H-].[Li+]. The molecule has 0 bridgehead atoms. The van der Waals surface area contributed by atoms with E-state index in [0.717, 1.165) is 63.7 Å². The number of aliphatic hydroxyl groups is 1. The Bertz CT molecular complexity index is 2200. The molecule has 0 unspecified atom stereocenters. The molecule has 2 heterocycles. The first-order chi connectivity index (χ1) is 28.4. The second kappa shape index (κ2) is 25.3. The number of halogens is 6. The van der Waals surface area contributed by atoms with Crippen molar-refractivity contribution in [2.45, 2.75) is 64.8 Å². The van der Waals surface area contributed by atoms with Gasteiger partial charge in [0.05, 0.1) is 53.8 Å². The van der Waals surface area contributed by atoms with Crippen LogP contribution < -0.4 is 18.9 Å². The van der Waals surface area contributed by atoms with E-state index < -0.39 is 29.4 Å². The van der Waals surface area contributed by atoms with Crippen molar-refractivity contribution in [3.05, 3.63) is 153 Å². The summed E-state index contributed by atoms with van der Waals surface area (Å²) in [6.07, 6.45) is -6.22. The first-order valence-electron chi connectivity index (χ1n) is 18.7. The van der Waals surface area contributed by atoms with Gasteiger partial charge in [-0.15, -0.1) is 22.7 Å². The molecule has 6 rings (SSSR count). The van der Waals surface area contributed by atoms with Crippen LogP contribution in [0.15, 0.2) is 109 Å². The molecule has 1 N–H and O–H groups in total. The molecule has 61 heavy (non-hydrogen) atoms. The number of benzene rings is 4. The number of carbonyl (C=O) groups is 1. The third-order valence-electron chi connectivity index (χ3n) is 8.63. The van der Waals surface area contributed by atoms with E-state index in [0.29, 0.717) is 77.4 Å². The Labute approximate surface area is 382 Å². The van der Waals surface area contributed by atoms with E-state index in [1.54, 1.807) is 6.92 Å². The fraction of sp³-hybridized carbons (Fsp3) is 0.295. The molecular weight excluding hydrogens is 849 g/mol. The van der Waals surface area contributed by atoms with E-state index in [-0.39, 0.29) is 50.9 Å². The number of ether oxygens (including phenoxy) is 3. The Balaban J connectivity index is 0.000000409. The van der Waals surface area contributed by atoms with Crippen LogP contribution in [-0.4, -0.2) is 58.2 Å². The van der Waals surface area contributed by atoms with E-state index in [1.165, 1.54) is 35.6 Å². The number of carbonyl (C=O) groups excluding carboxylic acids is 1. The van der Waals surface area contributed by atoms with Crippen LogP contribution in [-0.2, 0) is 59.2 Å². The molecular formula is C44H46AlF6LiN2O5S2. The normalized spacial score (nSPS) is 11.2. The molecule has 0 radical (unpaired) electrons. The van der Waals surface area contributed by atoms with Crippen LogP contribution in [0.1, 0.15) is 69.4 Å². The Morgan fingerprint density at radius 2 is 1.08 bits per heavy atom. The van der Waals surface area contributed by atoms with Gasteiger partial charge in [-0.1, -0.05) is 84.9 Å². The van der Waals surface area contributed by atoms with Gasteiger partial charge < -0.3 is 20.7 Å². The van der Waals surface area contributed by atoms with Crippen LogP contribution in [0, 0.1) is 0 Å². The van der Waals surface area contributed by atoms with E-state index in [2.05, 4.69) is 9.97 Å². The number of esters is 1. The van der Waals surface area contributed by atoms with Crippen molar-refractivity contribution < 1.29 is 70.7 Å². The molecule has 0 aliphatic carbocycles. The number of aryl methyl sites for hydroxylation is 2. The molecule has 2 aromatic heterocycles. The topological polar surface area (TPSA) is 90.8 Å². The summed E-state index contributed by atoms with van der Waals surface area (Å²) in [5.41, 5.74) is 3.24. The van der Waals surface area contributed by atoms with Crippen LogP contribution in [0.25, 0.3) is 21.1 Å². The largest absolute Gasteiger partial charge is 1.00 e. The predicted molar refractivity (Wildman–Crippen MR) is 227 cm³/mol. The number of rotatable bonds is 17. The van der Waals surface area contributed by atoms with Crippen LogP contribution in [0.2, 0.25) is 0 Å². The van der Waals surface area contributed by atoms with Gasteiger partial charge in [-0.25, -0.2) is 14.8 Å². The summed E-state index contributed by atoms with van der Waals surface area (Å²) in [5.74, 6) is -0.474. The predicted octanol–water partition coefficient (Wildman–Crippen LogP) is 7.56. The molecule has 6 aromatic rings. The summed E-state index contributed by atoms with van der Waals surface area (Å²) in [6, 6.07) is 29.4. The van der Waals surface area contributed by atoms with Gasteiger partial charge in [-0.3, -0.25) is 0 Å². The number of hydrogen-bond donors (Lipinski definition) is 1. The molecule has 17 heteroatoms. The fourth-order valence-corrected chi connectivity index (χ4v) is 7.63. The molecule has 0 aliphatic heterocycles. The Morgan fingerprint density at radius 3 is 1.51 bits per heavy atom. The first kappa shape index (κ1) is 51.5. The molecule has 0 amide bonds. The zero-order valence-corrected chi connectivity index (χ0v) is 34.7. The molecule has 320 valence electrons. The smallest absolute Gasteiger partial charge is 1.00 e. The summed E-state index contributed by atoms with van der Waals surface area (Å²) >= 11 is 2.43. The molecule has 0 fully saturated rings. The van der Waals surface area contributed by atoms with E-state index >= 15 is 0 Å². The molecule has 0 aliphatic rings. The molecule has 0 saturated carbocycles. The third-order valence-corrected chi connectivity index (χ3v) is 10.9. The first-order valence-corrected chi connectivity index (χ1v) is 20.3. The van der Waals surface area contributed by atoms with Gasteiger partial charge in [0.2, 0.25) is 0 Å². The van der Waals surface area contributed by atoms with Crippen molar-refractivity contribution in [1.29, 1.82) is 0 Å². The van der Waals surface area contributed by atoms with Crippen molar-refractivity contribution in [2.75, 3.05) is 19.8 Å². The molecule has 0 saturated heterocycles. The second-order valence-corrected chi connectivity index (χ2v) is 15.1. The maximum atomic E-state index is 12.8. The van der Waals surface area contributed by atoms with Gasteiger partial charge >= 0.3 is 37.2 Å². The number of thiazole rings is 2. The van der Waals surface area contributed by atoms with Crippen molar-refractivity contribution >= 4 is 46.0 Å². The summed E-state index contributed by atoms with van der Waals surface area (Å²) < 4.78 is 93.0. The van der Waals surface area contributed by atoms with Crippen molar-refractivity contribution in [1.82, 2.24) is 9.97 Å². The van der Waals surface area contributed by atoms with Crippen molar-refractivity contribution in [2.24, 2.45) is 0 Å². The number of nitrogens with zero attached hydrogens (tertiary/aromatic N) is 2. The zero-order chi connectivity index (χ0) is 42.3. The number of aromatic nitrogens is 2. The monoisotopic (exact) mass is 894 g/mol. The maximum Gasteiger partial charge on any atom is 1.00 e. The van der Waals surface area contributed by atoms with Crippen LogP contribution >= 0.6 is 22.7 Å². The molecule has 0 spiro atoms. The average Bonchev–Trinajstić information content (AvgIpc) is 3.86. The van der Waals surface area contributed by atoms with Crippen LogP contribution in [0.4, 0.5) is 26.3 Å². The number of alkyl halides is 6. The Hall–Kier alpha value is -3.80. The minimum atomic E-state index is -4.40. The summed E-state index contributed by atoms with van der Waals surface area (Å²) in [4.78, 5) is 22.5. The van der Waals surface area contributed by atoms with Gasteiger partial charge in [0.15, 0.2) is 17.4 Å². The Kier molecular flexibility index (Phi) is 21.4. The average molecular weight is 895 g/mol.